The lowest BCUT2D eigenvalue weighted by atomic mass is 9.80. The number of nitrogens with two attached hydrogens (primary N) is 1. The predicted molar refractivity (Wildman–Crippen MR) is 105 cm³/mol. The molecule has 0 unspecified atom stereocenters. The van der Waals surface area contributed by atoms with Gasteiger partial charge in [0.15, 0.2) is 5.78 Å². The molecule has 1 fully saturated rings. The Morgan fingerprint density at radius 2 is 1.63 bits per heavy atom. The van der Waals surface area contributed by atoms with Gasteiger partial charge in [0.25, 0.3) is 5.69 Å². The van der Waals surface area contributed by atoms with Crippen molar-refractivity contribution in [2.75, 3.05) is 7.05 Å². The van der Waals surface area contributed by atoms with Gasteiger partial charge in [-0.1, -0.05) is 6.42 Å². The van der Waals surface area contributed by atoms with Crippen molar-refractivity contribution in [3.05, 3.63) is 69.8 Å². The van der Waals surface area contributed by atoms with E-state index in [1.807, 2.05) is 0 Å². The number of hydrogen-bond donors (Lipinski definition) is 1. The molecular formula is C20H20F3N3O4. The molecule has 0 bridgehead atoms. The van der Waals surface area contributed by atoms with Crippen LogP contribution in [0.15, 0.2) is 53.5 Å². The number of halogens is 3. The Balaban J connectivity index is 0.000000222. The van der Waals surface area contributed by atoms with Crippen molar-refractivity contribution >= 4 is 17.3 Å². The monoisotopic (exact) mass is 423 g/mol. The molecule has 7 nitrogen and oxygen atoms in total. The molecule has 3 rings (SSSR count). The van der Waals surface area contributed by atoms with Crippen LogP contribution in [0.3, 0.4) is 0 Å². The van der Waals surface area contributed by atoms with Gasteiger partial charge in [0.1, 0.15) is 11.6 Å². The zero-order valence-corrected chi connectivity index (χ0v) is 16.1. The van der Waals surface area contributed by atoms with Crippen molar-refractivity contribution < 1.29 is 27.6 Å². The van der Waals surface area contributed by atoms with E-state index >= 15 is 0 Å². The molecular weight excluding hydrogens is 403 g/mol. The summed E-state index contributed by atoms with van der Waals surface area (Å²) in [5.41, 5.74) is 6.69. The number of carbonyl (C=O) groups excluding carboxylic acids is 1. The largest absolute Gasteiger partial charge is 0.573 e. The quantitative estimate of drug-likeness (QED) is 0.250. The normalized spacial score (nSPS) is 14.2. The molecule has 2 aromatic rings. The summed E-state index contributed by atoms with van der Waals surface area (Å²) in [6, 6.07) is 11.0. The molecule has 0 amide bonds. The second kappa shape index (κ2) is 9.86. The molecule has 1 saturated carbocycles. The van der Waals surface area contributed by atoms with Gasteiger partial charge in [0.05, 0.1) is 4.92 Å². The number of benzene rings is 2. The highest BCUT2D eigenvalue weighted by atomic mass is 19.4. The number of hydrogen-bond acceptors (Lipinski definition) is 5. The molecule has 0 saturated heterocycles. The molecule has 10 heteroatoms. The first-order chi connectivity index (χ1) is 14.1. The summed E-state index contributed by atoms with van der Waals surface area (Å²) < 4.78 is 39.4. The fourth-order valence-electron chi connectivity index (χ4n) is 2.61. The number of Topliss-reactive ketones (excluding diaryl/α,β-unsaturated/α-hetero) is 1. The fourth-order valence-corrected chi connectivity index (χ4v) is 2.61. The van der Waals surface area contributed by atoms with E-state index in [9.17, 15) is 28.1 Å². The number of non-ortho nitro benzene ring substituents is 1. The number of aliphatic imine (C=N–C) groups is 1. The van der Waals surface area contributed by atoms with E-state index in [-0.39, 0.29) is 23.1 Å². The van der Waals surface area contributed by atoms with Crippen LogP contribution in [0.5, 0.6) is 5.75 Å². The van der Waals surface area contributed by atoms with Crippen LogP contribution in [0.25, 0.3) is 0 Å². The van der Waals surface area contributed by atoms with Crippen molar-refractivity contribution in [2.45, 2.75) is 25.6 Å². The van der Waals surface area contributed by atoms with Gasteiger partial charge in [0, 0.05) is 36.2 Å². The Morgan fingerprint density at radius 3 is 2.03 bits per heavy atom. The minimum absolute atomic E-state index is 0.00908. The van der Waals surface area contributed by atoms with Crippen LogP contribution in [0, 0.1) is 16.0 Å². The average Bonchev–Trinajstić information content (AvgIpc) is 2.66. The molecule has 0 aliphatic heterocycles. The van der Waals surface area contributed by atoms with Gasteiger partial charge in [-0.15, -0.1) is 13.2 Å². The topological polar surface area (TPSA) is 108 Å². The smallest absolute Gasteiger partial charge is 0.406 e. The Kier molecular flexibility index (Phi) is 7.51. The highest BCUT2D eigenvalue weighted by Crippen LogP contribution is 2.30. The van der Waals surface area contributed by atoms with Crippen LogP contribution in [0.2, 0.25) is 0 Å². The second-order valence-corrected chi connectivity index (χ2v) is 6.48. The van der Waals surface area contributed by atoms with Gasteiger partial charge >= 0.3 is 6.36 Å². The molecule has 0 aromatic heterocycles. The minimum Gasteiger partial charge on any atom is -0.406 e. The average molecular weight is 423 g/mol. The Morgan fingerprint density at radius 1 is 1.10 bits per heavy atom. The molecule has 0 heterocycles. The van der Waals surface area contributed by atoms with Crippen molar-refractivity contribution in [1.82, 2.24) is 0 Å². The SMILES string of the molecule is CN=C(N)c1ccc([N+](=O)[O-])cc1.O=C(c1ccc(OC(F)(F)F)cc1)C1CCC1. The van der Waals surface area contributed by atoms with Crippen molar-refractivity contribution in [2.24, 2.45) is 16.6 Å². The first-order valence-corrected chi connectivity index (χ1v) is 8.98. The van der Waals surface area contributed by atoms with E-state index in [2.05, 4.69) is 9.73 Å². The van der Waals surface area contributed by atoms with Gasteiger partial charge in [0.2, 0.25) is 0 Å². The first kappa shape index (κ1) is 22.9. The van der Waals surface area contributed by atoms with Crippen molar-refractivity contribution in [1.29, 1.82) is 0 Å². The lowest BCUT2D eigenvalue weighted by Crippen LogP contribution is -2.22. The summed E-state index contributed by atoms with van der Waals surface area (Å²) in [6.45, 7) is 0. The van der Waals surface area contributed by atoms with E-state index in [4.69, 9.17) is 5.73 Å². The minimum atomic E-state index is -4.69. The lowest BCUT2D eigenvalue weighted by molar-refractivity contribution is -0.384. The maximum Gasteiger partial charge on any atom is 0.573 e. The van der Waals surface area contributed by atoms with Gasteiger partial charge in [-0.3, -0.25) is 19.9 Å². The third kappa shape index (κ3) is 6.57. The number of ether oxygens (including phenoxy) is 1. The van der Waals surface area contributed by atoms with Crippen LogP contribution in [-0.2, 0) is 0 Å². The number of nitro groups is 1. The molecule has 1 aliphatic carbocycles. The van der Waals surface area contributed by atoms with Crippen LogP contribution >= 0.6 is 0 Å². The number of alkyl halides is 3. The number of rotatable bonds is 5. The summed E-state index contributed by atoms with van der Waals surface area (Å²) in [6.07, 6.45) is -1.90. The van der Waals surface area contributed by atoms with E-state index < -0.39 is 11.3 Å². The van der Waals surface area contributed by atoms with Crippen LogP contribution in [0.4, 0.5) is 18.9 Å². The Labute approximate surface area is 170 Å². The predicted octanol–water partition coefficient (Wildman–Crippen LogP) is 4.50. The molecule has 2 aromatic carbocycles. The summed E-state index contributed by atoms with van der Waals surface area (Å²) >= 11 is 0. The van der Waals surface area contributed by atoms with E-state index in [0.29, 0.717) is 17.0 Å². The molecule has 1 aliphatic rings. The Hall–Kier alpha value is -3.43. The van der Waals surface area contributed by atoms with E-state index in [1.165, 1.54) is 36.4 Å². The van der Waals surface area contributed by atoms with Crippen LogP contribution in [0.1, 0.15) is 35.2 Å². The fraction of sp³-hybridized carbons (Fsp3) is 0.300. The highest BCUT2D eigenvalue weighted by Gasteiger charge is 2.31. The zero-order chi connectivity index (χ0) is 22.3. The summed E-state index contributed by atoms with van der Waals surface area (Å²) in [7, 11) is 1.57. The highest BCUT2D eigenvalue weighted by molar-refractivity contribution is 5.98. The molecule has 30 heavy (non-hydrogen) atoms. The van der Waals surface area contributed by atoms with Crippen molar-refractivity contribution in [3.8, 4) is 5.75 Å². The number of amidine groups is 1. The van der Waals surface area contributed by atoms with Crippen molar-refractivity contribution in [3.63, 3.8) is 0 Å². The second-order valence-electron chi connectivity index (χ2n) is 6.48. The van der Waals surface area contributed by atoms with E-state index in [1.54, 1.807) is 19.2 Å². The number of nitrogens with zero attached hydrogens (tertiary/aromatic N) is 2. The number of carbonyl (C=O) groups is 1. The van der Waals surface area contributed by atoms with Crippen LogP contribution < -0.4 is 10.5 Å². The molecule has 0 spiro atoms. The molecule has 0 atom stereocenters. The van der Waals surface area contributed by atoms with Crippen LogP contribution in [-0.4, -0.2) is 30.0 Å². The molecule has 2 N–H and O–H groups in total. The molecule has 160 valence electrons. The maximum atomic E-state index is 11.9. The summed E-state index contributed by atoms with van der Waals surface area (Å²) in [5, 5.41) is 10.3. The molecule has 0 radical (unpaired) electrons. The zero-order valence-electron chi connectivity index (χ0n) is 16.1. The standard InChI is InChI=1S/C12H11F3O2.C8H9N3O2/c13-12(14,15)17-10-6-4-9(5-7-10)11(16)8-2-1-3-8;1-10-8(9)6-2-4-7(5-3-6)11(12)13/h4-8H,1-3H2;2-5H,1H3,(H2,9,10). The first-order valence-electron chi connectivity index (χ1n) is 8.98. The number of nitro benzene ring substituents is 1. The maximum absolute atomic E-state index is 11.9. The van der Waals surface area contributed by atoms with E-state index in [0.717, 1.165) is 19.3 Å². The summed E-state index contributed by atoms with van der Waals surface area (Å²) in [5.74, 6) is 0.122. The number of ketones is 1. The van der Waals surface area contributed by atoms with Gasteiger partial charge < -0.3 is 10.5 Å². The Bertz CT molecular complexity index is 906. The van der Waals surface area contributed by atoms with Gasteiger partial charge in [-0.05, 0) is 49.2 Å². The van der Waals surface area contributed by atoms with Gasteiger partial charge in [-0.2, -0.15) is 0 Å². The third-order valence-corrected chi connectivity index (χ3v) is 4.46. The summed E-state index contributed by atoms with van der Waals surface area (Å²) in [4.78, 5) is 25.4. The lowest BCUT2D eigenvalue weighted by Gasteiger charge is -2.23. The van der Waals surface area contributed by atoms with Gasteiger partial charge in [-0.25, -0.2) is 0 Å². The third-order valence-electron chi connectivity index (χ3n) is 4.46.